The van der Waals surface area contributed by atoms with E-state index in [2.05, 4.69) is 25.9 Å². The van der Waals surface area contributed by atoms with Crippen molar-refractivity contribution in [2.24, 2.45) is 0 Å². The van der Waals surface area contributed by atoms with Crippen molar-refractivity contribution in [2.75, 3.05) is 5.32 Å². The van der Waals surface area contributed by atoms with Gasteiger partial charge < -0.3 is 10.1 Å². The highest BCUT2D eigenvalue weighted by atomic mass is 16.5. The average molecular weight is 307 g/mol. The van der Waals surface area contributed by atoms with Gasteiger partial charge in [0.25, 0.3) is 5.91 Å². The van der Waals surface area contributed by atoms with E-state index in [1.807, 2.05) is 36.4 Å². The Kier molecular flexibility index (Phi) is 3.32. The second-order valence-corrected chi connectivity index (χ2v) is 5.25. The largest absolute Gasteiger partial charge is 0.372 e. The summed E-state index contributed by atoms with van der Waals surface area (Å²) in [5.41, 5.74) is 4.27. The highest BCUT2D eigenvalue weighted by molar-refractivity contribution is 6.04. The van der Waals surface area contributed by atoms with Gasteiger partial charge in [0.2, 0.25) is 5.82 Å². The molecular weight excluding hydrogens is 294 g/mol. The Morgan fingerprint density at radius 2 is 2.04 bits per heavy atom. The number of rotatable bonds is 3. The van der Waals surface area contributed by atoms with Crippen LogP contribution in [0.5, 0.6) is 0 Å². The number of aromatic nitrogens is 4. The number of hydrogen-bond donors (Lipinski definition) is 2. The Morgan fingerprint density at radius 3 is 2.91 bits per heavy atom. The third kappa shape index (κ3) is 2.69. The minimum atomic E-state index is -0.162. The number of benzene rings is 2. The number of carbonyl (C=O) groups excluding carboxylic acids is 1. The number of nitrogens with one attached hydrogen (secondary N) is 2. The molecule has 3 aromatic rings. The van der Waals surface area contributed by atoms with Gasteiger partial charge in [0, 0.05) is 16.8 Å². The summed E-state index contributed by atoms with van der Waals surface area (Å²) in [7, 11) is 0. The van der Waals surface area contributed by atoms with Crippen LogP contribution in [0, 0.1) is 0 Å². The Morgan fingerprint density at radius 1 is 1.13 bits per heavy atom. The van der Waals surface area contributed by atoms with E-state index in [9.17, 15) is 4.79 Å². The maximum atomic E-state index is 12.4. The molecule has 7 heteroatoms. The van der Waals surface area contributed by atoms with E-state index in [-0.39, 0.29) is 5.91 Å². The smallest absolute Gasteiger partial charge is 0.255 e. The third-order valence-electron chi connectivity index (χ3n) is 3.71. The minimum absolute atomic E-state index is 0.162. The Hall–Kier alpha value is -3.06. The van der Waals surface area contributed by atoms with Crippen LogP contribution in [0.4, 0.5) is 5.69 Å². The highest BCUT2D eigenvalue weighted by Gasteiger charge is 2.14. The Balaban J connectivity index is 1.56. The standard InChI is InChI=1S/C16H13N5O2/c22-16(11-4-5-12-8-23-9-13(12)6-11)17-14-3-1-2-10(7-14)15-18-20-21-19-15/h1-7H,8-9H2,(H,17,22)(H,18,19,20,21). The van der Waals surface area contributed by atoms with Crippen molar-refractivity contribution in [3.05, 3.63) is 59.2 Å². The van der Waals surface area contributed by atoms with Crippen molar-refractivity contribution in [1.29, 1.82) is 0 Å². The van der Waals surface area contributed by atoms with Crippen molar-refractivity contribution in [3.63, 3.8) is 0 Å². The molecule has 2 N–H and O–H groups in total. The SMILES string of the molecule is O=C(Nc1cccc(-c2nn[nH]n2)c1)c1ccc2c(c1)COC2. The van der Waals surface area contributed by atoms with Crippen LogP contribution in [0.3, 0.4) is 0 Å². The molecule has 4 rings (SSSR count). The number of anilines is 1. The molecule has 1 aromatic heterocycles. The van der Waals surface area contributed by atoms with Crippen molar-refractivity contribution in [3.8, 4) is 11.4 Å². The second kappa shape index (κ2) is 5.62. The van der Waals surface area contributed by atoms with Crippen LogP contribution in [0.25, 0.3) is 11.4 Å². The first-order valence-electron chi connectivity index (χ1n) is 7.14. The first-order chi connectivity index (χ1) is 11.3. The lowest BCUT2D eigenvalue weighted by atomic mass is 10.1. The predicted octanol–water partition coefficient (Wildman–Crippen LogP) is 2.15. The fourth-order valence-corrected chi connectivity index (χ4v) is 2.54. The lowest BCUT2D eigenvalue weighted by Gasteiger charge is -2.07. The lowest BCUT2D eigenvalue weighted by Crippen LogP contribution is -2.12. The summed E-state index contributed by atoms with van der Waals surface area (Å²) in [5, 5.41) is 16.7. The number of nitrogens with zero attached hydrogens (tertiary/aromatic N) is 3. The van der Waals surface area contributed by atoms with Crippen LogP contribution in [0.15, 0.2) is 42.5 Å². The maximum Gasteiger partial charge on any atom is 0.255 e. The molecule has 0 unspecified atom stereocenters. The van der Waals surface area contributed by atoms with Gasteiger partial charge in [-0.25, -0.2) is 0 Å². The molecule has 0 saturated heterocycles. The number of ether oxygens (including phenoxy) is 1. The van der Waals surface area contributed by atoms with Crippen LogP contribution in [0.1, 0.15) is 21.5 Å². The molecule has 0 atom stereocenters. The molecule has 23 heavy (non-hydrogen) atoms. The Bertz CT molecular complexity index is 861. The third-order valence-corrected chi connectivity index (χ3v) is 3.71. The zero-order valence-corrected chi connectivity index (χ0v) is 12.1. The first kappa shape index (κ1) is 13.6. The molecule has 2 aromatic carbocycles. The van der Waals surface area contributed by atoms with Crippen LogP contribution in [-0.2, 0) is 18.0 Å². The molecule has 1 aliphatic rings. The van der Waals surface area contributed by atoms with Gasteiger partial charge in [-0.05, 0) is 40.6 Å². The minimum Gasteiger partial charge on any atom is -0.372 e. The second-order valence-electron chi connectivity index (χ2n) is 5.25. The van der Waals surface area contributed by atoms with E-state index in [1.54, 1.807) is 6.07 Å². The average Bonchev–Trinajstić information content (AvgIpc) is 3.26. The number of hydrogen-bond acceptors (Lipinski definition) is 5. The van der Waals surface area contributed by atoms with Gasteiger partial charge in [-0.2, -0.15) is 5.21 Å². The molecule has 7 nitrogen and oxygen atoms in total. The molecule has 2 heterocycles. The number of aromatic amines is 1. The van der Waals surface area contributed by atoms with Crippen LogP contribution in [0.2, 0.25) is 0 Å². The van der Waals surface area contributed by atoms with Crippen molar-refractivity contribution >= 4 is 11.6 Å². The maximum absolute atomic E-state index is 12.4. The zero-order valence-electron chi connectivity index (χ0n) is 12.1. The topological polar surface area (TPSA) is 92.8 Å². The van der Waals surface area contributed by atoms with Gasteiger partial charge in [0.1, 0.15) is 0 Å². The summed E-state index contributed by atoms with van der Waals surface area (Å²) in [5.74, 6) is 0.320. The van der Waals surface area contributed by atoms with E-state index in [4.69, 9.17) is 4.74 Å². The van der Waals surface area contributed by atoms with Gasteiger partial charge in [-0.15, -0.1) is 10.2 Å². The van der Waals surface area contributed by atoms with E-state index in [0.717, 1.165) is 16.7 Å². The van der Waals surface area contributed by atoms with Crippen LogP contribution < -0.4 is 5.32 Å². The van der Waals surface area contributed by atoms with Gasteiger partial charge in [0.15, 0.2) is 0 Å². The van der Waals surface area contributed by atoms with E-state index in [0.29, 0.717) is 30.3 Å². The van der Waals surface area contributed by atoms with Gasteiger partial charge in [-0.1, -0.05) is 18.2 Å². The number of carbonyl (C=O) groups is 1. The summed E-state index contributed by atoms with van der Waals surface area (Å²) < 4.78 is 5.37. The van der Waals surface area contributed by atoms with Gasteiger partial charge in [-0.3, -0.25) is 4.79 Å². The summed E-state index contributed by atoms with van der Waals surface area (Å²) in [4.78, 5) is 12.4. The predicted molar refractivity (Wildman–Crippen MR) is 82.5 cm³/mol. The lowest BCUT2D eigenvalue weighted by molar-refractivity contribution is 0.102. The molecule has 0 spiro atoms. The van der Waals surface area contributed by atoms with E-state index < -0.39 is 0 Å². The molecule has 0 bridgehead atoms. The normalized spacial score (nSPS) is 12.9. The molecule has 0 aliphatic carbocycles. The molecule has 0 saturated carbocycles. The quantitative estimate of drug-likeness (QED) is 0.773. The molecule has 0 radical (unpaired) electrons. The van der Waals surface area contributed by atoms with Crippen LogP contribution >= 0.6 is 0 Å². The van der Waals surface area contributed by atoms with Gasteiger partial charge in [0.05, 0.1) is 13.2 Å². The fourth-order valence-electron chi connectivity index (χ4n) is 2.54. The molecule has 0 fully saturated rings. The number of tetrazole rings is 1. The van der Waals surface area contributed by atoms with Gasteiger partial charge >= 0.3 is 0 Å². The number of H-pyrrole nitrogens is 1. The Labute approximate surface area is 131 Å². The molecule has 1 aliphatic heterocycles. The van der Waals surface area contributed by atoms with Crippen molar-refractivity contribution in [1.82, 2.24) is 20.6 Å². The molecule has 1 amide bonds. The summed E-state index contributed by atoms with van der Waals surface area (Å²) in [6, 6.07) is 12.9. The van der Waals surface area contributed by atoms with E-state index in [1.165, 1.54) is 0 Å². The highest BCUT2D eigenvalue weighted by Crippen LogP contribution is 2.22. The molecule has 114 valence electrons. The monoisotopic (exact) mass is 307 g/mol. The molecular formula is C16H13N5O2. The summed E-state index contributed by atoms with van der Waals surface area (Å²) in [6.07, 6.45) is 0. The van der Waals surface area contributed by atoms with Crippen LogP contribution in [-0.4, -0.2) is 26.5 Å². The van der Waals surface area contributed by atoms with Crippen molar-refractivity contribution in [2.45, 2.75) is 13.2 Å². The summed E-state index contributed by atoms with van der Waals surface area (Å²) >= 11 is 0. The van der Waals surface area contributed by atoms with E-state index >= 15 is 0 Å². The fraction of sp³-hybridized carbons (Fsp3) is 0.125. The summed E-state index contributed by atoms with van der Waals surface area (Å²) in [6.45, 7) is 1.17. The number of amides is 1. The van der Waals surface area contributed by atoms with Crippen molar-refractivity contribution < 1.29 is 9.53 Å². The first-order valence-corrected chi connectivity index (χ1v) is 7.14. The number of fused-ring (bicyclic) bond motifs is 1. The zero-order chi connectivity index (χ0) is 15.6.